The number of tetrazole rings is 1. The van der Waals surface area contributed by atoms with Crippen molar-refractivity contribution in [2.45, 2.75) is 19.6 Å². The molecule has 5 aromatic rings. The Morgan fingerprint density at radius 2 is 1.97 bits per heavy atom. The average molecular weight is 527 g/mol. The van der Waals surface area contributed by atoms with Crippen LogP contribution in [0, 0.1) is 18.3 Å². The van der Waals surface area contributed by atoms with Crippen LogP contribution in [-0.4, -0.2) is 44.5 Å². The maximum atomic E-state index is 13.3. The molecule has 0 aliphatic heterocycles. The molecule has 0 N–H and O–H groups in total. The SMILES string of the molecule is Cc1cc(C#N)cc2c(=O)n(C)c(-c3cc(Cn4nnc(C(F)(F)F)n4)nn3-c3ncccc3Cl)nc12. The van der Waals surface area contributed by atoms with E-state index in [1.165, 1.54) is 34.6 Å². The van der Waals surface area contributed by atoms with Crippen LogP contribution < -0.4 is 5.56 Å². The molecule has 1 aromatic carbocycles. The maximum Gasteiger partial charge on any atom is 0.455 e. The Labute approximate surface area is 210 Å². The summed E-state index contributed by atoms with van der Waals surface area (Å²) < 4.78 is 41.3. The van der Waals surface area contributed by atoms with Gasteiger partial charge in [0.25, 0.3) is 11.4 Å². The molecule has 4 heterocycles. The van der Waals surface area contributed by atoms with Crippen molar-refractivity contribution in [3.05, 3.63) is 74.6 Å². The van der Waals surface area contributed by atoms with E-state index in [0.29, 0.717) is 16.6 Å². The van der Waals surface area contributed by atoms with Crippen LogP contribution in [0.3, 0.4) is 0 Å². The van der Waals surface area contributed by atoms with Gasteiger partial charge < -0.3 is 0 Å². The van der Waals surface area contributed by atoms with E-state index in [-0.39, 0.29) is 40.0 Å². The fourth-order valence-electron chi connectivity index (χ4n) is 3.77. The van der Waals surface area contributed by atoms with Crippen LogP contribution >= 0.6 is 11.6 Å². The molecule has 0 fully saturated rings. The Morgan fingerprint density at radius 3 is 2.65 bits per heavy atom. The molecule has 0 aliphatic carbocycles. The average Bonchev–Trinajstić information content (AvgIpc) is 3.49. The number of aromatic nitrogens is 9. The molecule has 5 rings (SSSR count). The molecule has 0 atom stereocenters. The van der Waals surface area contributed by atoms with Gasteiger partial charge in [-0.15, -0.1) is 10.2 Å². The van der Waals surface area contributed by atoms with Crippen molar-refractivity contribution in [2.75, 3.05) is 0 Å². The molecule has 11 nitrogen and oxygen atoms in total. The van der Waals surface area contributed by atoms with Crippen LogP contribution in [0.1, 0.15) is 22.6 Å². The van der Waals surface area contributed by atoms with E-state index >= 15 is 0 Å². The van der Waals surface area contributed by atoms with Crippen molar-refractivity contribution >= 4 is 22.5 Å². The number of benzene rings is 1. The van der Waals surface area contributed by atoms with Crippen molar-refractivity contribution in [2.24, 2.45) is 7.05 Å². The summed E-state index contributed by atoms with van der Waals surface area (Å²) in [6.07, 6.45) is -3.26. The van der Waals surface area contributed by atoms with Crippen LogP contribution in [0.5, 0.6) is 0 Å². The quantitative estimate of drug-likeness (QED) is 0.349. The smallest absolute Gasteiger partial charge is 0.294 e. The van der Waals surface area contributed by atoms with E-state index in [9.17, 15) is 23.2 Å². The molecule has 0 radical (unpaired) electrons. The summed E-state index contributed by atoms with van der Waals surface area (Å²) in [6, 6.07) is 9.84. The van der Waals surface area contributed by atoms with Crippen LogP contribution in [0.25, 0.3) is 28.2 Å². The maximum absolute atomic E-state index is 13.3. The van der Waals surface area contributed by atoms with Crippen LogP contribution in [0.4, 0.5) is 13.2 Å². The highest BCUT2D eigenvalue weighted by molar-refractivity contribution is 6.32. The highest BCUT2D eigenvalue weighted by Crippen LogP contribution is 2.28. The zero-order valence-corrected chi connectivity index (χ0v) is 19.8. The van der Waals surface area contributed by atoms with E-state index < -0.39 is 17.6 Å². The zero-order valence-electron chi connectivity index (χ0n) is 19.1. The molecular formula is C22H14ClF3N10O. The van der Waals surface area contributed by atoms with E-state index in [1.807, 2.05) is 6.07 Å². The summed E-state index contributed by atoms with van der Waals surface area (Å²) in [6.45, 7) is 1.46. The second-order valence-electron chi connectivity index (χ2n) is 7.98. The number of rotatable bonds is 4. The zero-order chi connectivity index (χ0) is 26.5. The molecule has 0 saturated heterocycles. The third-order valence-electron chi connectivity index (χ3n) is 5.44. The lowest BCUT2D eigenvalue weighted by Crippen LogP contribution is -2.22. The Balaban J connectivity index is 1.71. The molecule has 37 heavy (non-hydrogen) atoms. The second kappa shape index (κ2) is 8.79. The predicted octanol–water partition coefficient (Wildman–Crippen LogP) is 3.07. The Bertz CT molecular complexity index is 1780. The van der Waals surface area contributed by atoms with Gasteiger partial charge in [-0.3, -0.25) is 9.36 Å². The van der Waals surface area contributed by atoms with Gasteiger partial charge in [0.2, 0.25) is 0 Å². The van der Waals surface area contributed by atoms with Gasteiger partial charge in [0.15, 0.2) is 11.6 Å². The van der Waals surface area contributed by atoms with Crippen LogP contribution in [0.2, 0.25) is 5.02 Å². The van der Waals surface area contributed by atoms with Crippen molar-refractivity contribution in [3.63, 3.8) is 0 Å². The number of pyridine rings is 1. The fraction of sp³-hybridized carbons (Fsp3) is 0.182. The van der Waals surface area contributed by atoms with Gasteiger partial charge in [0.1, 0.15) is 12.2 Å². The van der Waals surface area contributed by atoms with Crippen molar-refractivity contribution in [1.82, 2.24) is 44.5 Å². The molecule has 15 heteroatoms. The predicted molar refractivity (Wildman–Crippen MR) is 124 cm³/mol. The summed E-state index contributed by atoms with van der Waals surface area (Å²) in [7, 11) is 1.50. The highest BCUT2D eigenvalue weighted by Gasteiger charge is 2.36. The largest absolute Gasteiger partial charge is 0.455 e. The standard InChI is InChI=1S/C22H14ClF3N10O/c1-11-6-12(9-27)7-14-17(11)29-19(34(2)20(14)37)16-8-13(10-35-32-21(30-33-35)22(24,25)26)31-36(16)18-15(23)4-3-5-28-18/h3-8H,10H2,1-2H3. The summed E-state index contributed by atoms with van der Waals surface area (Å²) in [5, 5.41) is 24.1. The second-order valence-corrected chi connectivity index (χ2v) is 8.39. The van der Waals surface area contributed by atoms with Gasteiger partial charge in [-0.05, 0) is 48.0 Å². The van der Waals surface area contributed by atoms with Crippen molar-refractivity contribution < 1.29 is 13.2 Å². The van der Waals surface area contributed by atoms with E-state index in [4.69, 9.17) is 11.6 Å². The van der Waals surface area contributed by atoms with Crippen LogP contribution in [-0.2, 0) is 19.8 Å². The number of aryl methyl sites for hydroxylation is 1. The highest BCUT2D eigenvalue weighted by atomic mass is 35.5. The molecule has 4 aromatic heterocycles. The lowest BCUT2D eigenvalue weighted by molar-refractivity contribution is -0.145. The summed E-state index contributed by atoms with van der Waals surface area (Å²) >= 11 is 6.36. The summed E-state index contributed by atoms with van der Waals surface area (Å²) in [5.41, 5.74) is 1.43. The molecule has 0 spiro atoms. The van der Waals surface area contributed by atoms with Gasteiger partial charge in [-0.1, -0.05) is 11.6 Å². The fourth-order valence-corrected chi connectivity index (χ4v) is 3.97. The first-order chi connectivity index (χ1) is 17.6. The lowest BCUT2D eigenvalue weighted by atomic mass is 10.1. The molecule has 0 unspecified atom stereocenters. The molecule has 0 bridgehead atoms. The van der Waals surface area contributed by atoms with Gasteiger partial charge >= 0.3 is 6.18 Å². The minimum atomic E-state index is -4.75. The summed E-state index contributed by atoms with van der Waals surface area (Å²) in [4.78, 5) is 22.9. The first-order valence-electron chi connectivity index (χ1n) is 10.5. The monoisotopic (exact) mass is 526 g/mol. The Kier molecular flexibility index (Phi) is 5.72. The minimum absolute atomic E-state index is 0.188. The number of fused-ring (bicyclic) bond motifs is 1. The Morgan fingerprint density at radius 1 is 1.19 bits per heavy atom. The van der Waals surface area contributed by atoms with E-state index in [0.717, 1.165) is 4.80 Å². The molecule has 186 valence electrons. The topological polar surface area (TPSA) is 133 Å². The minimum Gasteiger partial charge on any atom is -0.294 e. The summed E-state index contributed by atoms with van der Waals surface area (Å²) in [5.74, 6) is -0.988. The lowest BCUT2D eigenvalue weighted by Gasteiger charge is -2.12. The third-order valence-corrected chi connectivity index (χ3v) is 5.73. The number of alkyl halides is 3. The molecular weight excluding hydrogens is 513 g/mol. The molecule has 0 amide bonds. The molecule has 0 aliphatic rings. The van der Waals surface area contributed by atoms with Gasteiger partial charge in [-0.25, -0.2) is 14.6 Å². The van der Waals surface area contributed by atoms with Crippen molar-refractivity contribution in [3.8, 4) is 23.4 Å². The van der Waals surface area contributed by atoms with Crippen molar-refractivity contribution in [1.29, 1.82) is 5.26 Å². The first kappa shape index (κ1) is 24.1. The number of hydrogen-bond acceptors (Lipinski definition) is 8. The number of halogens is 4. The van der Waals surface area contributed by atoms with Gasteiger partial charge in [0, 0.05) is 13.2 Å². The van der Waals surface area contributed by atoms with Gasteiger partial charge in [0.05, 0.1) is 33.3 Å². The van der Waals surface area contributed by atoms with E-state index in [1.54, 1.807) is 25.1 Å². The number of nitriles is 1. The normalized spacial score (nSPS) is 11.7. The van der Waals surface area contributed by atoms with Crippen LogP contribution in [0.15, 0.2) is 41.3 Å². The number of nitrogens with zero attached hydrogens (tertiary/aromatic N) is 10. The molecule has 0 saturated carbocycles. The van der Waals surface area contributed by atoms with E-state index in [2.05, 4.69) is 30.5 Å². The number of hydrogen-bond donors (Lipinski definition) is 0. The first-order valence-corrected chi connectivity index (χ1v) is 10.9. The third kappa shape index (κ3) is 4.29. The van der Waals surface area contributed by atoms with Gasteiger partial charge in [-0.2, -0.15) is 28.3 Å². The Hall–Kier alpha value is -4.64.